The van der Waals surface area contributed by atoms with Gasteiger partial charge in [-0.15, -0.1) is 11.3 Å². The fraction of sp³-hybridized carbons (Fsp3) is 0.0588. The van der Waals surface area contributed by atoms with Gasteiger partial charge in [0.2, 0.25) is 10.0 Å². The summed E-state index contributed by atoms with van der Waals surface area (Å²) in [4.78, 5) is 24.3. The Morgan fingerprint density at radius 2 is 1.85 bits per heavy atom. The van der Waals surface area contributed by atoms with Crippen LogP contribution in [0.4, 0.5) is 5.69 Å². The topological polar surface area (TPSA) is 116 Å². The van der Waals surface area contributed by atoms with Gasteiger partial charge in [-0.3, -0.25) is 4.79 Å². The third-order valence-corrected chi connectivity index (χ3v) is 5.41. The quantitative estimate of drug-likeness (QED) is 0.649. The van der Waals surface area contributed by atoms with Crippen LogP contribution in [0, 0.1) is 0 Å². The fourth-order valence-corrected chi connectivity index (χ4v) is 3.75. The van der Waals surface area contributed by atoms with Gasteiger partial charge in [0.1, 0.15) is 4.88 Å². The van der Waals surface area contributed by atoms with Crippen LogP contribution in [0.3, 0.4) is 0 Å². The van der Waals surface area contributed by atoms with E-state index in [1.807, 2.05) is 24.3 Å². The zero-order valence-electron chi connectivity index (χ0n) is 13.3. The molecule has 0 saturated heterocycles. The second-order valence-electron chi connectivity index (χ2n) is 5.35. The van der Waals surface area contributed by atoms with E-state index in [2.05, 4.69) is 5.32 Å². The third kappa shape index (κ3) is 4.26. The summed E-state index contributed by atoms with van der Waals surface area (Å²) in [6, 6.07) is 14.7. The second kappa shape index (κ2) is 7.24. The Labute approximate surface area is 153 Å². The van der Waals surface area contributed by atoms with Crippen LogP contribution in [0.5, 0.6) is 0 Å². The molecular formula is C17H14N2O5S2. The molecule has 3 rings (SSSR count). The van der Waals surface area contributed by atoms with Crippen LogP contribution in [0.25, 0.3) is 10.1 Å². The van der Waals surface area contributed by atoms with Crippen LogP contribution in [-0.4, -0.2) is 26.9 Å². The first-order chi connectivity index (χ1) is 12.3. The van der Waals surface area contributed by atoms with Crippen LogP contribution in [0.15, 0.2) is 59.5 Å². The van der Waals surface area contributed by atoms with Gasteiger partial charge < -0.3 is 10.1 Å². The molecule has 0 unspecified atom stereocenters. The number of sulfonamides is 1. The van der Waals surface area contributed by atoms with E-state index < -0.39 is 28.5 Å². The standard InChI is InChI=1S/C17H14N2O5S2/c18-26(22,23)13-6-3-5-12(9-13)19-16(20)10-24-17(21)15-8-11-4-1-2-7-14(11)25-15/h1-9H,10H2,(H,19,20)(H2,18,22,23). The molecule has 0 radical (unpaired) electrons. The Morgan fingerprint density at radius 3 is 2.58 bits per heavy atom. The maximum Gasteiger partial charge on any atom is 0.348 e. The van der Waals surface area contributed by atoms with E-state index in [1.54, 1.807) is 6.07 Å². The molecule has 26 heavy (non-hydrogen) atoms. The Balaban J connectivity index is 1.61. The summed E-state index contributed by atoms with van der Waals surface area (Å²) in [5.74, 6) is -1.19. The Kier molecular flexibility index (Phi) is 5.03. The summed E-state index contributed by atoms with van der Waals surface area (Å²) >= 11 is 1.28. The van der Waals surface area contributed by atoms with Crippen molar-refractivity contribution in [2.75, 3.05) is 11.9 Å². The number of benzene rings is 2. The number of primary sulfonamides is 1. The Bertz CT molecular complexity index is 1060. The Hall–Kier alpha value is -2.75. The maximum absolute atomic E-state index is 12.1. The summed E-state index contributed by atoms with van der Waals surface area (Å²) < 4.78 is 28.6. The highest BCUT2D eigenvalue weighted by atomic mass is 32.2. The number of thiophene rings is 1. The number of carbonyl (C=O) groups is 2. The van der Waals surface area contributed by atoms with Crippen molar-refractivity contribution in [1.29, 1.82) is 0 Å². The largest absolute Gasteiger partial charge is 0.451 e. The lowest BCUT2D eigenvalue weighted by Crippen LogP contribution is -2.21. The van der Waals surface area contributed by atoms with Gasteiger partial charge in [-0.05, 0) is 35.7 Å². The SMILES string of the molecule is NS(=O)(=O)c1cccc(NC(=O)COC(=O)c2cc3ccccc3s2)c1. The number of amides is 1. The van der Waals surface area contributed by atoms with Gasteiger partial charge in [0.15, 0.2) is 6.61 Å². The van der Waals surface area contributed by atoms with Crippen molar-refractivity contribution in [2.45, 2.75) is 4.90 Å². The number of hydrogen-bond donors (Lipinski definition) is 2. The van der Waals surface area contributed by atoms with E-state index >= 15 is 0 Å². The molecule has 1 aromatic heterocycles. The van der Waals surface area contributed by atoms with E-state index in [4.69, 9.17) is 9.88 Å². The van der Waals surface area contributed by atoms with Gasteiger partial charge in [-0.1, -0.05) is 24.3 Å². The first-order valence-corrected chi connectivity index (χ1v) is 9.77. The lowest BCUT2D eigenvalue weighted by atomic mass is 10.2. The van der Waals surface area contributed by atoms with Crippen LogP contribution >= 0.6 is 11.3 Å². The number of carbonyl (C=O) groups excluding carboxylic acids is 2. The zero-order valence-corrected chi connectivity index (χ0v) is 15.0. The summed E-state index contributed by atoms with van der Waals surface area (Å²) in [6.45, 7) is -0.493. The first-order valence-electron chi connectivity index (χ1n) is 7.41. The maximum atomic E-state index is 12.1. The number of anilines is 1. The number of ether oxygens (including phenoxy) is 1. The molecule has 1 amide bonds. The molecule has 2 aromatic carbocycles. The molecule has 1 heterocycles. The van der Waals surface area contributed by atoms with Gasteiger partial charge >= 0.3 is 5.97 Å². The summed E-state index contributed by atoms with van der Waals surface area (Å²) in [6.07, 6.45) is 0. The second-order valence-corrected chi connectivity index (χ2v) is 7.99. The highest BCUT2D eigenvalue weighted by molar-refractivity contribution is 7.89. The van der Waals surface area contributed by atoms with Gasteiger partial charge in [-0.2, -0.15) is 0 Å². The number of nitrogens with two attached hydrogens (primary N) is 1. The van der Waals surface area contributed by atoms with Crippen molar-refractivity contribution in [3.8, 4) is 0 Å². The summed E-state index contributed by atoms with van der Waals surface area (Å²) in [7, 11) is -3.87. The van der Waals surface area contributed by atoms with Gasteiger partial charge in [0.05, 0.1) is 4.90 Å². The predicted molar refractivity (Wildman–Crippen MR) is 98.6 cm³/mol. The smallest absolute Gasteiger partial charge is 0.348 e. The molecule has 3 aromatic rings. The van der Waals surface area contributed by atoms with Crippen molar-refractivity contribution in [3.63, 3.8) is 0 Å². The first kappa shape index (κ1) is 18.1. The van der Waals surface area contributed by atoms with Crippen molar-refractivity contribution < 1.29 is 22.7 Å². The van der Waals surface area contributed by atoms with E-state index in [0.717, 1.165) is 10.1 Å². The number of rotatable bonds is 5. The predicted octanol–water partition coefficient (Wildman–Crippen LogP) is 2.34. The summed E-state index contributed by atoms with van der Waals surface area (Å²) in [5, 5.41) is 8.42. The van der Waals surface area contributed by atoms with Crippen LogP contribution in [0.1, 0.15) is 9.67 Å². The molecule has 0 atom stereocenters. The highest BCUT2D eigenvalue weighted by Gasteiger charge is 2.14. The number of nitrogens with one attached hydrogen (secondary N) is 1. The minimum Gasteiger partial charge on any atom is -0.451 e. The van der Waals surface area contributed by atoms with Crippen molar-refractivity contribution >= 4 is 49.0 Å². The molecule has 0 saturated carbocycles. The molecule has 0 bridgehead atoms. The third-order valence-electron chi connectivity index (χ3n) is 3.41. The lowest BCUT2D eigenvalue weighted by molar-refractivity contribution is -0.119. The van der Waals surface area contributed by atoms with Crippen molar-refractivity contribution in [2.24, 2.45) is 5.14 Å². The zero-order chi connectivity index (χ0) is 18.7. The van der Waals surface area contributed by atoms with Crippen LogP contribution < -0.4 is 10.5 Å². The van der Waals surface area contributed by atoms with E-state index in [1.165, 1.54) is 35.6 Å². The highest BCUT2D eigenvalue weighted by Crippen LogP contribution is 2.25. The Morgan fingerprint density at radius 1 is 1.08 bits per heavy atom. The molecule has 0 spiro atoms. The minimum atomic E-state index is -3.87. The van der Waals surface area contributed by atoms with Gasteiger partial charge in [0.25, 0.3) is 5.91 Å². The monoisotopic (exact) mass is 390 g/mol. The van der Waals surface area contributed by atoms with Crippen LogP contribution in [0.2, 0.25) is 0 Å². The summed E-state index contributed by atoms with van der Waals surface area (Å²) in [5.41, 5.74) is 0.236. The number of fused-ring (bicyclic) bond motifs is 1. The normalized spacial score (nSPS) is 11.3. The van der Waals surface area contributed by atoms with E-state index in [-0.39, 0.29) is 10.6 Å². The molecule has 0 aliphatic rings. The minimum absolute atomic E-state index is 0.127. The molecule has 0 aliphatic carbocycles. The average molecular weight is 390 g/mol. The number of esters is 1. The molecule has 0 aliphatic heterocycles. The number of hydrogen-bond acceptors (Lipinski definition) is 6. The molecule has 3 N–H and O–H groups in total. The molecule has 0 fully saturated rings. The van der Waals surface area contributed by atoms with Gasteiger partial charge in [-0.25, -0.2) is 18.4 Å². The van der Waals surface area contributed by atoms with E-state index in [0.29, 0.717) is 4.88 Å². The van der Waals surface area contributed by atoms with E-state index in [9.17, 15) is 18.0 Å². The van der Waals surface area contributed by atoms with Crippen molar-refractivity contribution in [3.05, 3.63) is 59.5 Å². The fourth-order valence-electron chi connectivity index (χ4n) is 2.23. The molecule has 134 valence electrons. The molecule has 9 heteroatoms. The van der Waals surface area contributed by atoms with Crippen molar-refractivity contribution in [1.82, 2.24) is 0 Å². The lowest BCUT2D eigenvalue weighted by Gasteiger charge is -2.07. The molecular weight excluding hydrogens is 376 g/mol. The van der Waals surface area contributed by atoms with Gasteiger partial charge in [0, 0.05) is 10.4 Å². The molecule has 7 nitrogen and oxygen atoms in total. The average Bonchev–Trinajstić information content (AvgIpc) is 3.03. The van der Waals surface area contributed by atoms with Crippen LogP contribution in [-0.2, 0) is 19.6 Å².